The Hall–Kier alpha value is -0.280. The van der Waals surface area contributed by atoms with Gasteiger partial charge in [0.25, 0.3) is 0 Å². The molecule has 1 rings (SSSR count). The maximum absolute atomic E-state index is 9.64. The van der Waals surface area contributed by atoms with Gasteiger partial charge in [0.1, 0.15) is 0 Å². The van der Waals surface area contributed by atoms with Crippen molar-refractivity contribution in [3.05, 3.63) is 33.8 Å². The molecule has 0 saturated carbocycles. The Balaban J connectivity index is 2.60. The molecule has 0 fully saturated rings. The van der Waals surface area contributed by atoms with Crippen LogP contribution in [-0.4, -0.2) is 22.9 Å². The second-order valence-electron chi connectivity index (χ2n) is 3.44. The lowest BCUT2D eigenvalue weighted by atomic mass is 10.0. The first-order valence-corrected chi connectivity index (χ1v) is 5.62. The van der Waals surface area contributed by atoms with E-state index in [1.54, 1.807) is 6.07 Å². The molecule has 0 amide bonds. The van der Waals surface area contributed by atoms with Crippen molar-refractivity contribution in [1.29, 1.82) is 0 Å². The zero-order chi connectivity index (χ0) is 11.3. The summed E-state index contributed by atoms with van der Waals surface area (Å²) in [7, 11) is 0. The molecule has 0 spiro atoms. The van der Waals surface area contributed by atoms with E-state index in [1.807, 2.05) is 12.1 Å². The zero-order valence-electron chi connectivity index (χ0n) is 8.29. The fraction of sp³-hybridized carbons (Fsp3) is 0.455. The first-order chi connectivity index (χ1) is 7.15. The average molecular weight is 249 g/mol. The summed E-state index contributed by atoms with van der Waals surface area (Å²) in [5.74, 6) is 0. The Labute approximate surface area is 99.5 Å². The summed E-state index contributed by atoms with van der Waals surface area (Å²) in [5.41, 5.74) is 0.842. The van der Waals surface area contributed by atoms with E-state index in [4.69, 9.17) is 28.3 Å². The van der Waals surface area contributed by atoms with Crippen molar-refractivity contribution in [3.8, 4) is 0 Å². The summed E-state index contributed by atoms with van der Waals surface area (Å²) in [6.07, 6.45) is 1.16. The van der Waals surface area contributed by atoms with Crippen molar-refractivity contribution >= 4 is 23.2 Å². The van der Waals surface area contributed by atoms with Crippen molar-refractivity contribution in [1.82, 2.24) is 0 Å². The van der Waals surface area contributed by atoms with Gasteiger partial charge in [-0.15, -0.1) is 0 Å². The van der Waals surface area contributed by atoms with Crippen LogP contribution in [0.1, 0.15) is 18.4 Å². The van der Waals surface area contributed by atoms with Crippen molar-refractivity contribution in [3.63, 3.8) is 0 Å². The van der Waals surface area contributed by atoms with Crippen LogP contribution in [0.4, 0.5) is 0 Å². The molecule has 84 valence electrons. The molecule has 0 heterocycles. The van der Waals surface area contributed by atoms with Crippen LogP contribution in [0.2, 0.25) is 10.0 Å². The molecule has 0 saturated heterocycles. The van der Waals surface area contributed by atoms with Gasteiger partial charge in [-0.05, 0) is 30.9 Å². The van der Waals surface area contributed by atoms with Crippen LogP contribution in [0.5, 0.6) is 0 Å². The number of hydrogen-bond donors (Lipinski definition) is 2. The highest BCUT2D eigenvalue weighted by molar-refractivity contribution is 6.42. The summed E-state index contributed by atoms with van der Waals surface area (Å²) >= 11 is 11.8. The molecular formula is C11H14Cl2O2. The van der Waals surface area contributed by atoms with Gasteiger partial charge in [-0.2, -0.15) is 0 Å². The molecule has 15 heavy (non-hydrogen) atoms. The lowest BCUT2D eigenvalue weighted by Gasteiger charge is -2.11. The van der Waals surface area contributed by atoms with E-state index in [0.717, 1.165) is 5.56 Å². The topological polar surface area (TPSA) is 40.5 Å². The van der Waals surface area contributed by atoms with Gasteiger partial charge >= 0.3 is 0 Å². The van der Waals surface area contributed by atoms with Crippen molar-refractivity contribution in [2.24, 2.45) is 0 Å². The monoisotopic (exact) mass is 248 g/mol. The molecular weight excluding hydrogens is 235 g/mol. The predicted octanol–water partition coefficient (Wildman–Crippen LogP) is 2.67. The summed E-state index contributed by atoms with van der Waals surface area (Å²) in [5, 5.41) is 19.3. The van der Waals surface area contributed by atoms with Crippen LogP contribution in [0.25, 0.3) is 0 Å². The van der Waals surface area contributed by atoms with Crippen molar-refractivity contribution in [2.75, 3.05) is 6.61 Å². The summed E-state index contributed by atoms with van der Waals surface area (Å²) < 4.78 is 0. The third-order valence-corrected chi connectivity index (χ3v) is 3.04. The molecule has 1 unspecified atom stereocenters. The summed E-state index contributed by atoms with van der Waals surface area (Å²) in [4.78, 5) is 0. The standard InChI is InChI=1S/C11H14Cl2O2/c12-10-5-1-3-8(11(10)13)7-9(15)4-2-6-14/h1,3,5,9,14-15H,2,4,6-7H2. The average Bonchev–Trinajstić information content (AvgIpc) is 2.22. The number of aliphatic hydroxyl groups is 2. The minimum absolute atomic E-state index is 0.0976. The molecule has 0 aliphatic heterocycles. The number of halogens is 2. The largest absolute Gasteiger partial charge is 0.396 e. The molecule has 4 heteroatoms. The number of hydrogen-bond acceptors (Lipinski definition) is 2. The van der Waals surface area contributed by atoms with Crippen LogP contribution < -0.4 is 0 Å². The molecule has 0 aliphatic carbocycles. The molecule has 0 radical (unpaired) electrons. The minimum Gasteiger partial charge on any atom is -0.396 e. The molecule has 2 N–H and O–H groups in total. The number of aliphatic hydroxyl groups excluding tert-OH is 2. The van der Waals surface area contributed by atoms with Gasteiger partial charge in [-0.3, -0.25) is 0 Å². The zero-order valence-corrected chi connectivity index (χ0v) is 9.80. The first kappa shape index (κ1) is 12.8. The van der Waals surface area contributed by atoms with Gasteiger partial charge in [-0.25, -0.2) is 0 Å². The van der Waals surface area contributed by atoms with E-state index >= 15 is 0 Å². The highest BCUT2D eigenvalue weighted by atomic mass is 35.5. The Bertz CT molecular complexity index is 315. The van der Waals surface area contributed by atoms with Gasteiger partial charge < -0.3 is 10.2 Å². The van der Waals surface area contributed by atoms with Crippen LogP contribution in [0.15, 0.2) is 18.2 Å². The van der Waals surface area contributed by atoms with Crippen LogP contribution in [-0.2, 0) is 6.42 Å². The minimum atomic E-state index is -0.479. The maximum Gasteiger partial charge on any atom is 0.0625 e. The van der Waals surface area contributed by atoms with Gasteiger partial charge in [0.05, 0.1) is 16.1 Å². The smallest absolute Gasteiger partial charge is 0.0625 e. The van der Waals surface area contributed by atoms with E-state index < -0.39 is 6.10 Å². The second kappa shape index (κ2) is 6.33. The number of benzene rings is 1. The fourth-order valence-electron chi connectivity index (χ4n) is 1.39. The Morgan fingerprint density at radius 2 is 2.00 bits per heavy atom. The van der Waals surface area contributed by atoms with E-state index in [2.05, 4.69) is 0 Å². The maximum atomic E-state index is 9.64. The Kier molecular flexibility index (Phi) is 5.40. The van der Waals surface area contributed by atoms with Gasteiger partial charge in [0, 0.05) is 6.61 Å². The number of rotatable bonds is 5. The van der Waals surface area contributed by atoms with Crippen molar-refractivity contribution in [2.45, 2.75) is 25.4 Å². The van der Waals surface area contributed by atoms with E-state index in [-0.39, 0.29) is 6.61 Å². The fourth-order valence-corrected chi connectivity index (χ4v) is 1.79. The first-order valence-electron chi connectivity index (χ1n) is 4.87. The van der Waals surface area contributed by atoms with E-state index in [9.17, 15) is 5.11 Å². The van der Waals surface area contributed by atoms with Crippen LogP contribution >= 0.6 is 23.2 Å². The molecule has 1 aromatic rings. The summed E-state index contributed by atoms with van der Waals surface area (Å²) in [6.45, 7) is 0.0976. The molecule has 0 bridgehead atoms. The molecule has 0 aliphatic rings. The molecule has 1 atom stereocenters. The van der Waals surface area contributed by atoms with Gasteiger partial charge in [-0.1, -0.05) is 35.3 Å². The SMILES string of the molecule is OCCCC(O)Cc1cccc(Cl)c1Cl. The lowest BCUT2D eigenvalue weighted by molar-refractivity contribution is 0.150. The normalized spacial score (nSPS) is 12.8. The third-order valence-electron chi connectivity index (χ3n) is 2.18. The lowest BCUT2D eigenvalue weighted by Crippen LogP contribution is -2.11. The summed E-state index contributed by atoms with van der Waals surface area (Å²) in [6, 6.07) is 5.37. The van der Waals surface area contributed by atoms with Gasteiger partial charge in [0.2, 0.25) is 0 Å². The Morgan fingerprint density at radius 1 is 1.27 bits per heavy atom. The Morgan fingerprint density at radius 3 is 2.67 bits per heavy atom. The highest BCUT2D eigenvalue weighted by Gasteiger charge is 2.09. The van der Waals surface area contributed by atoms with Crippen LogP contribution in [0.3, 0.4) is 0 Å². The predicted molar refractivity (Wildman–Crippen MR) is 62.5 cm³/mol. The quantitative estimate of drug-likeness (QED) is 0.842. The molecule has 1 aromatic carbocycles. The van der Waals surface area contributed by atoms with E-state index in [1.165, 1.54) is 0 Å². The molecule has 0 aromatic heterocycles. The van der Waals surface area contributed by atoms with Crippen molar-refractivity contribution < 1.29 is 10.2 Å². The van der Waals surface area contributed by atoms with Gasteiger partial charge in [0.15, 0.2) is 0 Å². The van der Waals surface area contributed by atoms with E-state index in [0.29, 0.717) is 29.3 Å². The molecule has 2 nitrogen and oxygen atoms in total. The highest BCUT2D eigenvalue weighted by Crippen LogP contribution is 2.26. The van der Waals surface area contributed by atoms with Crippen LogP contribution in [0, 0.1) is 0 Å². The third kappa shape index (κ3) is 3.99. The second-order valence-corrected chi connectivity index (χ2v) is 4.22.